The molecule has 0 aromatic heterocycles. The zero-order valence-electron chi connectivity index (χ0n) is 15.1. The van der Waals surface area contributed by atoms with Crippen LogP contribution in [0.5, 0.6) is 11.5 Å². The Morgan fingerprint density at radius 3 is 2.64 bits per heavy atom. The molecule has 2 aromatic carbocycles. The molecule has 3 rings (SSSR count). The lowest BCUT2D eigenvalue weighted by Crippen LogP contribution is -2.35. The third kappa shape index (κ3) is 4.32. The number of carbonyl (C=O) groups is 1. The number of aryl methyl sites for hydroxylation is 1. The molecule has 0 saturated heterocycles. The third-order valence-electron chi connectivity index (χ3n) is 4.35. The normalized spacial score (nSPS) is 12.5. The number of hydrogen-bond donors (Lipinski definition) is 0. The smallest absolute Gasteiger partial charge is 0.231 e. The maximum absolute atomic E-state index is 12.9. The summed E-state index contributed by atoms with van der Waals surface area (Å²) in [6.07, 6.45) is 0.370. The van der Waals surface area contributed by atoms with Crippen LogP contribution in [0, 0.1) is 12.8 Å². The van der Waals surface area contributed by atoms with E-state index in [0.29, 0.717) is 18.9 Å². The van der Waals surface area contributed by atoms with Gasteiger partial charge in [0.05, 0.1) is 6.42 Å². The van der Waals surface area contributed by atoms with E-state index in [1.54, 1.807) is 0 Å². The molecular formula is C21H25NO3. The molecule has 4 nitrogen and oxygen atoms in total. The van der Waals surface area contributed by atoms with Gasteiger partial charge in [-0.2, -0.15) is 0 Å². The molecule has 25 heavy (non-hydrogen) atoms. The number of hydrogen-bond acceptors (Lipinski definition) is 3. The highest BCUT2D eigenvalue weighted by Crippen LogP contribution is 2.32. The average molecular weight is 339 g/mol. The van der Waals surface area contributed by atoms with Gasteiger partial charge in [-0.05, 0) is 41.7 Å². The highest BCUT2D eigenvalue weighted by Gasteiger charge is 2.19. The SMILES string of the molecule is Cc1ccccc1CN(CC(C)C)C(=O)Cc1ccc2c(c1)OCO2. The fourth-order valence-electron chi connectivity index (χ4n) is 3.03. The first kappa shape index (κ1) is 17.3. The number of nitrogens with zero attached hydrogens (tertiary/aromatic N) is 1. The van der Waals surface area contributed by atoms with Gasteiger partial charge < -0.3 is 14.4 Å². The van der Waals surface area contributed by atoms with Crippen molar-refractivity contribution < 1.29 is 14.3 Å². The number of carbonyl (C=O) groups excluding carboxylic acids is 1. The highest BCUT2D eigenvalue weighted by atomic mass is 16.7. The van der Waals surface area contributed by atoms with Crippen LogP contribution < -0.4 is 9.47 Å². The molecule has 1 amide bonds. The van der Waals surface area contributed by atoms with E-state index in [1.165, 1.54) is 11.1 Å². The van der Waals surface area contributed by atoms with E-state index in [1.807, 2.05) is 35.2 Å². The van der Waals surface area contributed by atoms with Crippen molar-refractivity contribution in [2.45, 2.75) is 33.7 Å². The molecular weight excluding hydrogens is 314 g/mol. The summed E-state index contributed by atoms with van der Waals surface area (Å²) in [6, 6.07) is 14.0. The van der Waals surface area contributed by atoms with Gasteiger partial charge in [-0.25, -0.2) is 0 Å². The van der Waals surface area contributed by atoms with Gasteiger partial charge in [0.2, 0.25) is 12.7 Å². The number of amides is 1. The second-order valence-electron chi connectivity index (χ2n) is 6.96. The minimum atomic E-state index is 0.135. The van der Waals surface area contributed by atoms with E-state index in [0.717, 1.165) is 23.6 Å². The Balaban J connectivity index is 1.74. The average Bonchev–Trinajstić information content (AvgIpc) is 3.03. The van der Waals surface area contributed by atoms with Gasteiger partial charge in [0.15, 0.2) is 11.5 Å². The van der Waals surface area contributed by atoms with Crippen LogP contribution in [0.3, 0.4) is 0 Å². The Hall–Kier alpha value is -2.49. The fraction of sp³-hybridized carbons (Fsp3) is 0.381. The number of rotatable bonds is 6. The molecule has 1 aliphatic rings. The van der Waals surface area contributed by atoms with Crippen molar-refractivity contribution in [2.75, 3.05) is 13.3 Å². The van der Waals surface area contributed by atoms with Crippen LogP contribution in [0.4, 0.5) is 0 Å². The summed E-state index contributed by atoms with van der Waals surface area (Å²) < 4.78 is 10.7. The largest absolute Gasteiger partial charge is 0.454 e. The molecule has 4 heteroatoms. The number of benzene rings is 2. The number of ether oxygens (including phenoxy) is 2. The quantitative estimate of drug-likeness (QED) is 0.800. The van der Waals surface area contributed by atoms with Crippen molar-refractivity contribution in [2.24, 2.45) is 5.92 Å². The zero-order valence-corrected chi connectivity index (χ0v) is 15.1. The molecule has 0 unspecified atom stereocenters. The van der Waals surface area contributed by atoms with Crippen LogP contribution >= 0.6 is 0 Å². The van der Waals surface area contributed by atoms with Crippen molar-refractivity contribution in [3.8, 4) is 11.5 Å². The first-order chi connectivity index (χ1) is 12.0. The molecule has 132 valence electrons. The predicted molar refractivity (Wildman–Crippen MR) is 97.7 cm³/mol. The summed E-state index contributed by atoms with van der Waals surface area (Å²) in [7, 11) is 0. The molecule has 0 fully saturated rings. The maximum atomic E-state index is 12.9. The summed E-state index contributed by atoms with van der Waals surface area (Å²) in [5, 5.41) is 0. The molecule has 0 atom stereocenters. The molecule has 0 saturated carbocycles. The van der Waals surface area contributed by atoms with Gasteiger partial charge in [0.25, 0.3) is 0 Å². The maximum Gasteiger partial charge on any atom is 0.231 e. The lowest BCUT2D eigenvalue weighted by molar-refractivity contribution is -0.131. The van der Waals surface area contributed by atoms with Crippen LogP contribution in [0.1, 0.15) is 30.5 Å². The van der Waals surface area contributed by atoms with Crippen LogP contribution in [0.2, 0.25) is 0 Å². The van der Waals surface area contributed by atoms with Crippen LogP contribution in [0.15, 0.2) is 42.5 Å². The molecule has 2 aromatic rings. The Morgan fingerprint density at radius 2 is 1.88 bits per heavy atom. The molecule has 0 N–H and O–H groups in total. The van der Waals surface area contributed by atoms with Crippen LogP contribution in [0.25, 0.3) is 0 Å². The molecule has 0 bridgehead atoms. The lowest BCUT2D eigenvalue weighted by Gasteiger charge is -2.25. The van der Waals surface area contributed by atoms with Crippen molar-refractivity contribution in [1.82, 2.24) is 4.90 Å². The van der Waals surface area contributed by atoms with Crippen molar-refractivity contribution in [1.29, 1.82) is 0 Å². The molecule has 0 spiro atoms. The molecule has 0 aliphatic carbocycles. The van der Waals surface area contributed by atoms with Gasteiger partial charge in [-0.3, -0.25) is 4.79 Å². The Labute approximate surface area is 149 Å². The monoisotopic (exact) mass is 339 g/mol. The van der Waals surface area contributed by atoms with Crippen molar-refractivity contribution in [3.05, 3.63) is 59.2 Å². The summed E-state index contributed by atoms with van der Waals surface area (Å²) in [6.45, 7) is 8.01. The Bertz CT molecular complexity index is 755. The first-order valence-corrected chi connectivity index (χ1v) is 8.73. The van der Waals surface area contributed by atoms with Crippen molar-refractivity contribution >= 4 is 5.91 Å². The Morgan fingerprint density at radius 1 is 1.12 bits per heavy atom. The second kappa shape index (κ2) is 7.60. The molecule has 1 aliphatic heterocycles. The number of fused-ring (bicyclic) bond motifs is 1. The van der Waals surface area contributed by atoms with E-state index in [9.17, 15) is 4.79 Å². The summed E-state index contributed by atoms with van der Waals surface area (Å²) in [4.78, 5) is 14.9. The molecule has 1 heterocycles. The fourth-order valence-corrected chi connectivity index (χ4v) is 3.03. The minimum absolute atomic E-state index is 0.135. The topological polar surface area (TPSA) is 38.8 Å². The predicted octanol–water partition coefficient (Wildman–Crippen LogP) is 3.95. The van der Waals surface area contributed by atoms with Crippen molar-refractivity contribution in [3.63, 3.8) is 0 Å². The van der Waals surface area contributed by atoms with E-state index in [2.05, 4.69) is 32.9 Å². The second-order valence-corrected chi connectivity index (χ2v) is 6.96. The van der Waals surface area contributed by atoms with Gasteiger partial charge in [0, 0.05) is 13.1 Å². The molecule has 0 radical (unpaired) electrons. The van der Waals surface area contributed by atoms with Gasteiger partial charge >= 0.3 is 0 Å². The Kier molecular flexibility index (Phi) is 5.27. The summed E-state index contributed by atoms with van der Waals surface area (Å²) in [5.41, 5.74) is 3.36. The van der Waals surface area contributed by atoms with E-state index in [-0.39, 0.29) is 12.7 Å². The van der Waals surface area contributed by atoms with Gasteiger partial charge in [-0.15, -0.1) is 0 Å². The highest BCUT2D eigenvalue weighted by molar-refractivity contribution is 5.79. The van der Waals surface area contributed by atoms with Gasteiger partial charge in [0.1, 0.15) is 0 Å². The van der Waals surface area contributed by atoms with E-state index < -0.39 is 0 Å². The minimum Gasteiger partial charge on any atom is -0.454 e. The first-order valence-electron chi connectivity index (χ1n) is 8.73. The standard InChI is InChI=1S/C21H25NO3/c1-15(2)12-22(13-18-7-5-4-6-16(18)3)21(23)11-17-8-9-19-20(10-17)25-14-24-19/h4-10,15H,11-14H2,1-3H3. The lowest BCUT2D eigenvalue weighted by atomic mass is 10.1. The third-order valence-corrected chi connectivity index (χ3v) is 4.35. The van der Waals surface area contributed by atoms with Crippen LogP contribution in [-0.2, 0) is 17.8 Å². The van der Waals surface area contributed by atoms with E-state index in [4.69, 9.17) is 9.47 Å². The van der Waals surface area contributed by atoms with E-state index >= 15 is 0 Å². The summed E-state index contributed by atoms with van der Waals surface area (Å²) in [5.74, 6) is 2.02. The zero-order chi connectivity index (χ0) is 17.8. The van der Waals surface area contributed by atoms with Gasteiger partial charge in [-0.1, -0.05) is 44.2 Å². The summed E-state index contributed by atoms with van der Waals surface area (Å²) >= 11 is 0. The van der Waals surface area contributed by atoms with Crippen LogP contribution in [-0.4, -0.2) is 24.1 Å².